The van der Waals surface area contributed by atoms with Crippen molar-refractivity contribution < 1.29 is 19.0 Å². The number of amides is 1. The van der Waals surface area contributed by atoms with Crippen molar-refractivity contribution in [2.45, 2.75) is 32.8 Å². The van der Waals surface area contributed by atoms with Gasteiger partial charge >= 0.3 is 0 Å². The second-order valence-corrected chi connectivity index (χ2v) is 7.83. The first-order valence-corrected chi connectivity index (χ1v) is 10.7. The molecule has 1 aromatic carbocycles. The summed E-state index contributed by atoms with van der Waals surface area (Å²) in [6.07, 6.45) is 7.96. The van der Waals surface area contributed by atoms with Gasteiger partial charge in [-0.3, -0.25) is 9.36 Å². The van der Waals surface area contributed by atoms with E-state index in [1.165, 1.54) is 0 Å². The third-order valence-corrected chi connectivity index (χ3v) is 5.04. The van der Waals surface area contributed by atoms with Gasteiger partial charge in [0.2, 0.25) is 18.6 Å². The average molecular weight is 438 g/mol. The normalized spacial score (nSPS) is 13.3. The molecule has 1 aliphatic heterocycles. The van der Waals surface area contributed by atoms with Crippen molar-refractivity contribution in [2.24, 2.45) is 5.92 Å². The number of benzene rings is 1. The van der Waals surface area contributed by atoms with Crippen LogP contribution in [-0.2, 0) is 22.4 Å². The average Bonchev–Trinajstić information content (AvgIpc) is 3.48. The predicted molar refractivity (Wildman–Crippen MR) is 117 cm³/mol. The Balaban J connectivity index is 1.37. The van der Waals surface area contributed by atoms with Crippen molar-refractivity contribution in [1.82, 2.24) is 24.8 Å². The van der Waals surface area contributed by atoms with E-state index in [2.05, 4.69) is 20.3 Å². The maximum absolute atomic E-state index is 13.0. The summed E-state index contributed by atoms with van der Waals surface area (Å²) in [5.74, 6) is 1.60. The zero-order valence-electron chi connectivity index (χ0n) is 18.2. The molecule has 0 fully saturated rings. The fourth-order valence-corrected chi connectivity index (χ4v) is 3.36. The number of fused-ring (bicyclic) bond motifs is 1. The van der Waals surface area contributed by atoms with Crippen LogP contribution in [0.5, 0.6) is 11.5 Å². The Labute approximate surface area is 186 Å². The summed E-state index contributed by atoms with van der Waals surface area (Å²) in [5, 5.41) is 3.04. The van der Waals surface area contributed by atoms with Gasteiger partial charge < -0.3 is 19.5 Å². The summed E-state index contributed by atoms with van der Waals surface area (Å²) in [6, 6.07) is 7.65. The first-order valence-electron chi connectivity index (χ1n) is 10.7. The van der Waals surface area contributed by atoms with Gasteiger partial charge in [-0.2, -0.15) is 0 Å². The van der Waals surface area contributed by atoms with E-state index in [0.717, 1.165) is 22.8 Å². The van der Waals surface area contributed by atoms with Gasteiger partial charge in [-0.1, -0.05) is 6.07 Å². The van der Waals surface area contributed by atoms with Gasteiger partial charge in [0, 0.05) is 37.3 Å². The van der Waals surface area contributed by atoms with Crippen LogP contribution in [-0.4, -0.2) is 51.5 Å². The molecular formula is C23H27N5O4. The Hall–Kier alpha value is -3.46. The van der Waals surface area contributed by atoms with Gasteiger partial charge in [0.25, 0.3) is 0 Å². The molecule has 168 valence electrons. The van der Waals surface area contributed by atoms with Crippen molar-refractivity contribution >= 4 is 5.91 Å². The van der Waals surface area contributed by atoms with Crippen molar-refractivity contribution in [2.75, 3.05) is 19.9 Å². The number of hydrogen-bond donors (Lipinski definition) is 1. The SMILES string of the molecule is CC(C)OCC(Cc1ccnc(-n2ccnc2)n1)C(=O)NCCc1ccc2c(c1)OCO2. The van der Waals surface area contributed by atoms with Gasteiger partial charge in [-0.05, 0) is 44.0 Å². The molecule has 32 heavy (non-hydrogen) atoms. The number of aromatic nitrogens is 4. The van der Waals surface area contributed by atoms with Gasteiger partial charge in [0.05, 0.1) is 18.6 Å². The highest BCUT2D eigenvalue weighted by molar-refractivity contribution is 5.79. The van der Waals surface area contributed by atoms with E-state index in [1.807, 2.05) is 38.1 Å². The Bertz CT molecular complexity index is 1040. The van der Waals surface area contributed by atoms with Crippen LogP contribution in [0.4, 0.5) is 0 Å². The Morgan fingerprint density at radius 1 is 1.22 bits per heavy atom. The number of carbonyl (C=O) groups excluding carboxylic acids is 1. The minimum absolute atomic E-state index is 0.0332. The van der Waals surface area contributed by atoms with Gasteiger partial charge in [-0.25, -0.2) is 15.0 Å². The molecule has 0 spiro atoms. The topological polar surface area (TPSA) is 100 Å². The maximum Gasteiger partial charge on any atom is 0.235 e. The number of hydrogen-bond acceptors (Lipinski definition) is 7. The van der Waals surface area contributed by atoms with Crippen LogP contribution in [0.1, 0.15) is 25.1 Å². The molecular weight excluding hydrogens is 410 g/mol. The maximum atomic E-state index is 13.0. The minimum atomic E-state index is -0.361. The highest BCUT2D eigenvalue weighted by Gasteiger charge is 2.21. The number of imidazole rings is 1. The van der Waals surface area contributed by atoms with Crippen LogP contribution >= 0.6 is 0 Å². The van der Waals surface area contributed by atoms with Gasteiger partial charge in [0.15, 0.2) is 11.5 Å². The van der Waals surface area contributed by atoms with E-state index in [1.54, 1.807) is 29.5 Å². The van der Waals surface area contributed by atoms with E-state index in [9.17, 15) is 4.79 Å². The number of nitrogens with zero attached hydrogens (tertiary/aromatic N) is 4. The van der Waals surface area contributed by atoms with Crippen LogP contribution in [0, 0.1) is 5.92 Å². The molecule has 3 heterocycles. The van der Waals surface area contributed by atoms with Crippen LogP contribution < -0.4 is 14.8 Å². The van der Waals surface area contributed by atoms with E-state index in [0.29, 0.717) is 31.9 Å². The molecule has 1 aliphatic rings. The molecule has 9 heteroatoms. The molecule has 2 aromatic heterocycles. The molecule has 4 rings (SSSR count). The lowest BCUT2D eigenvalue weighted by Gasteiger charge is -2.18. The molecule has 9 nitrogen and oxygen atoms in total. The lowest BCUT2D eigenvalue weighted by Crippen LogP contribution is -2.36. The van der Waals surface area contributed by atoms with Crippen LogP contribution in [0.15, 0.2) is 49.2 Å². The first kappa shape index (κ1) is 21.8. The molecule has 0 bridgehead atoms. The second-order valence-electron chi connectivity index (χ2n) is 7.83. The Kier molecular flexibility index (Phi) is 6.96. The molecule has 0 aliphatic carbocycles. The standard InChI is InChI=1S/C23H27N5O4/c1-16(2)30-13-18(12-19-6-8-26-23(27-19)28-10-9-24-14-28)22(29)25-7-5-17-3-4-20-21(11-17)32-15-31-20/h3-4,6,8-11,14,16,18H,5,7,12-13,15H2,1-2H3,(H,25,29). The lowest BCUT2D eigenvalue weighted by atomic mass is 10.0. The third-order valence-electron chi connectivity index (χ3n) is 5.04. The molecule has 0 radical (unpaired) electrons. The smallest absolute Gasteiger partial charge is 0.235 e. The summed E-state index contributed by atoms with van der Waals surface area (Å²) in [7, 11) is 0. The van der Waals surface area contributed by atoms with E-state index >= 15 is 0 Å². The molecule has 0 saturated carbocycles. The monoisotopic (exact) mass is 437 g/mol. The van der Waals surface area contributed by atoms with Crippen LogP contribution in [0.3, 0.4) is 0 Å². The Morgan fingerprint density at radius 3 is 2.91 bits per heavy atom. The van der Waals surface area contributed by atoms with E-state index in [4.69, 9.17) is 14.2 Å². The largest absolute Gasteiger partial charge is 0.454 e. The van der Waals surface area contributed by atoms with Crippen molar-refractivity contribution in [3.63, 3.8) is 0 Å². The first-order chi connectivity index (χ1) is 15.6. The Morgan fingerprint density at radius 2 is 2.09 bits per heavy atom. The quantitative estimate of drug-likeness (QED) is 0.520. The van der Waals surface area contributed by atoms with Crippen LogP contribution in [0.2, 0.25) is 0 Å². The fraction of sp³-hybridized carbons (Fsp3) is 0.391. The molecule has 0 saturated heterocycles. The summed E-state index contributed by atoms with van der Waals surface area (Å²) < 4.78 is 18.3. The predicted octanol–water partition coefficient (Wildman–Crippen LogP) is 2.33. The van der Waals surface area contributed by atoms with Crippen molar-refractivity contribution in [3.8, 4) is 17.4 Å². The molecule has 1 unspecified atom stereocenters. The zero-order valence-corrected chi connectivity index (χ0v) is 18.2. The number of nitrogens with one attached hydrogen (secondary N) is 1. The molecule has 1 N–H and O–H groups in total. The fourth-order valence-electron chi connectivity index (χ4n) is 3.36. The van der Waals surface area contributed by atoms with Gasteiger partial charge in [0.1, 0.15) is 6.33 Å². The summed E-state index contributed by atoms with van der Waals surface area (Å²) >= 11 is 0. The van der Waals surface area contributed by atoms with E-state index < -0.39 is 0 Å². The lowest BCUT2D eigenvalue weighted by molar-refractivity contribution is -0.127. The van der Waals surface area contributed by atoms with Gasteiger partial charge in [-0.15, -0.1) is 0 Å². The summed E-state index contributed by atoms with van der Waals surface area (Å²) in [6.45, 7) is 4.99. The highest BCUT2D eigenvalue weighted by Crippen LogP contribution is 2.32. The van der Waals surface area contributed by atoms with Crippen molar-refractivity contribution in [3.05, 3.63) is 60.4 Å². The summed E-state index contributed by atoms with van der Waals surface area (Å²) in [4.78, 5) is 25.8. The second kappa shape index (κ2) is 10.2. The summed E-state index contributed by atoms with van der Waals surface area (Å²) in [5.41, 5.74) is 1.84. The number of ether oxygens (including phenoxy) is 3. The van der Waals surface area contributed by atoms with Crippen LogP contribution in [0.25, 0.3) is 5.95 Å². The minimum Gasteiger partial charge on any atom is -0.454 e. The zero-order chi connectivity index (χ0) is 22.3. The third kappa shape index (κ3) is 5.61. The van der Waals surface area contributed by atoms with Crippen molar-refractivity contribution in [1.29, 1.82) is 0 Å². The van der Waals surface area contributed by atoms with E-state index in [-0.39, 0.29) is 24.7 Å². The molecule has 3 aromatic rings. The highest BCUT2D eigenvalue weighted by atomic mass is 16.7. The number of rotatable bonds is 10. The molecule has 1 atom stereocenters. The number of carbonyl (C=O) groups is 1. The molecule has 1 amide bonds.